The van der Waals surface area contributed by atoms with Crippen molar-refractivity contribution in [1.29, 1.82) is 0 Å². The third kappa shape index (κ3) is 3.48. The molecule has 0 atom stereocenters. The largest absolute Gasteiger partial charge is 0.326 e. The fourth-order valence-electron chi connectivity index (χ4n) is 1.52. The maximum atomic E-state index is 13.6. The molecule has 0 aliphatic heterocycles. The van der Waals surface area contributed by atoms with E-state index in [1.807, 2.05) is 24.3 Å². The first kappa shape index (κ1) is 13.4. The molecule has 0 aliphatic carbocycles. The number of hydrogen-bond donors (Lipinski definition) is 1. The Kier molecular flexibility index (Phi) is 4.64. The molecular formula is C14H13ClFNS. The summed E-state index contributed by atoms with van der Waals surface area (Å²) >= 11 is 7.30. The maximum absolute atomic E-state index is 13.6. The van der Waals surface area contributed by atoms with Crippen LogP contribution in [-0.2, 0) is 12.3 Å². The summed E-state index contributed by atoms with van der Waals surface area (Å²) < 4.78 is 13.6. The maximum Gasteiger partial charge on any atom is 0.128 e. The van der Waals surface area contributed by atoms with Gasteiger partial charge in [0.05, 0.1) is 0 Å². The average molecular weight is 282 g/mol. The molecule has 18 heavy (non-hydrogen) atoms. The van der Waals surface area contributed by atoms with Gasteiger partial charge >= 0.3 is 0 Å². The molecule has 0 amide bonds. The van der Waals surface area contributed by atoms with Gasteiger partial charge in [-0.1, -0.05) is 29.8 Å². The Hall–Kier alpha value is -1.03. The third-order valence-electron chi connectivity index (χ3n) is 2.57. The minimum Gasteiger partial charge on any atom is -0.326 e. The van der Waals surface area contributed by atoms with E-state index in [9.17, 15) is 4.39 Å². The van der Waals surface area contributed by atoms with Gasteiger partial charge in [-0.05, 0) is 35.4 Å². The zero-order valence-electron chi connectivity index (χ0n) is 9.70. The van der Waals surface area contributed by atoms with Crippen LogP contribution in [0.15, 0.2) is 47.4 Å². The summed E-state index contributed by atoms with van der Waals surface area (Å²) in [6.07, 6.45) is 0. The molecule has 0 bridgehead atoms. The van der Waals surface area contributed by atoms with Crippen LogP contribution < -0.4 is 5.73 Å². The Bertz CT molecular complexity index is 528. The van der Waals surface area contributed by atoms with Crippen LogP contribution in [0.3, 0.4) is 0 Å². The second kappa shape index (κ2) is 6.23. The summed E-state index contributed by atoms with van der Waals surface area (Å²) in [5.41, 5.74) is 7.28. The summed E-state index contributed by atoms with van der Waals surface area (Å²) in [6, 6.07) is 12.7. The number of nitrogens with two attached hydrogens (primary N) is 1. The van der Waals surface area contributed by atoms with Gasteiger partial charge < -0.3 is 5.73 Å². The van der Waals surface area contributed by atoms with Crippen LogP contribution in [0.1, 0.15) is 11.1 Å². The van der Waals surface area contributed by atoms with Crippen LogP contribution in [0, 0.1) is 5.82 Å². The van der Waals surface area contributed by atoms with E-state index in [1.165, 1.54) is 6.07 Å². The molecule has 0 spiro atoms. The smallest absolute Gasteiger partial charge is 0.128 e. The van der Waals surface area contributed by atoms with E-state index in [1.54, 1.807) is 23.9 Å². The Morgan fingerprint density at radius 3 is 2.44 bits per heavy atom. The van der Waals surface area contributed by atoms with Crippen molar-refractivity contribution in [2.24, 2.45) is 5.73 Å². The van der Waals surface area contributed by atoms with Gasteiger partial charge in [0.25, 0.3) is 0 Å². The average Bonchev–Trinajstić information content (AvgIpc) is 2.38. The highest BCUT2D eigenvalue weighted by molar-refractivity contribution is 7.98. The topological polar surface area (TPSA) is 26.0 Å². The van der Waals surface area contributed by atoms with Gasteiger partial charge in [0.2, 0.25) is 0 Å². The van der Waals surface area contributed by atoms with E-state index in [4.69, 9.17) is 17.3 Å². The summed E-state index contributed by atoms with van der Waals surface area (Å²) in [5, 5.41) is 0.425. The lowest BCUT2D eigenvalue weighted by molar-refractivity contribution is 0.617. The minimum atomic E-state index is -0.256. The molecule has 0 saturated heterocycles. The van der Waals surface area contributed by atoms with Gasteiger partial charge in [-0.2, -0.15) is 0 Å². The van der Waals surface area contributed by atoms with Gasteiger partial charge in [0.15, 0.2) is 0 Å². The molecule has 0 aliphatic rings. The number of halogens is 2. The lowest BCUT2D eigenvalue weighted by Crippen LogP contribution is -1.95. The highest BCUT2D eigenvalue weighted by Crippen LogP contribution is 2.25. The molecule has 2 aromatic rings. The van der Waals surface area contributed by atoms with Gasteiger partial charge in [-0.3, -0.25) is 0 Å². The molecule has 4 heteroatoms. The monoisotopic (exact) mass is 281 g/mol. The number of hydrogen-bond acceptors (Lipinski definition) is 2. The Labute approximate surface area is 115 Å². The van der Waals surface area contributed by atoms with E-state index in [0.717, 1.165) is 10.5 Å². The van der Waals surface area contributed by atoms with Gasteiger partial charge in [0.1, 0.15) is 5.82 Å². The molecule has 94 valence electrons. The van der Waals surface area contributed by atoms with Crippen LogP contribution in [0.5, 0.6) is 0 Å². The fraction of sp³-hybridized carbons (Fsp3) is 0.143. The Morgan fingerprint density at radius 2 is 1.83 bits per heavy atom. The second-order valence-corrected chi connectivity index (χ2v) is 5.36. The first-order valence-corrected chi connectivity index (χ1v) is 6.91. The van der Waals surface area contributed by atoms with Crippen molar-refractivity contribution in [3.63, 3.8) is 0 Å². The quantitative estimate of drug-likeness (QED) is 0.849. The molecule has 2 N–H and O–H groups in total. The summed E-state index contributed by atoms with van der Waals surface area (Å²) in [6.45, 7) is 0.538. The van der Waals surface area contributed by atoms with Crippen molar-refractivity contribution in [3.8, 4) is 0 Å². The zero-order valence-corrected chi connectivity index (χ0v) is 11.3. The molecule has 0 heterocycles. The lowest BCUT2D eigenvalue weighted by atomic mass is 10.2. The Morgan fingerprint density at radius 1 is 1.11 bits per heavy atom. The first-order valence-electron chi connectivity index (χ1n) is 5.55. The molecule has 0 aromatic heterocycles. The molecule has 0 radical (unpaired) electrons. The van der Waals surface area contributed by atoms with Gasteiger partial charge in [-0.25, -0.2) is 4.39 Å². The van der Waals surface area contributed by atoms with Gasteiger partial charge in [0, 0.05) is 22.2 Å². The molecule has 0 saturated carbocycles. The standard InChI is InChI=1S/C14H13ClFNS/c15-12-4-3-11(14(16)7-12)9-18-13-5-1-10(8-17)2-6-13/h1-7H,8-9,17H2. The molecule has 2 rings (SSSR count). The minimum absolute atomic E-state index is 0.256. The van der Waals surface area contributed by atoms with Crippen molar-refractivity contribution in [2.75, 3.05) is 0 Å². The molecule has 1 nitrogen and oxygen atoms in total. The zero-order chi connectivity index (χ0) is 13.0. The third-order valence-corrected chi connectivity index (χ3v) is 3.86. The second-order valence-electron chi connectivity index (χ2n) is 3.87. The predicted molar refractivity (Wildman–Crippen MR) is 75.3 cm³/mol. The van der Waals surface area contributed by atoms with Gasteiger partial charge in [-0.15, -0.1) is 11.8 Å². The van der Waals surface area contributed by atoms with Crippen molar-refractivity contribution < 1.29 is 4.39 Å². The van der Waals surface area contributed by atoms with E-state index >= 15 is 0 Å². The summed E-state index contributed by atoms with van der Waals surface area (Å²) in [5.74, 6) is 0.332. The molecule has 0 fully saturated rings. The Balaban J connectivity index is 2.02. The van der Waals surface area contributed by atoms with Crippen molar-refractivity contribution in [2.45, 2.75) is 17.2 Å². The molecule has 2 aromatic carbocycles. The molecular weight excluding hydrogens is 269 g/mol. The molecule has 0 unspecified atom stereocenters. The van der Waals surface area contributed by atoms with E-state index in [-0.39, 0.29) is 5.82 Å². The van der Waals surface area contributed by atoms with Crippen LogP contribution in [0.4, 0.5) is 4.39 Å². The normalized spacial score (nSPS) is 10.6. The fourth-order valence-corrected chi connectivity index (χ4v) is 2.57. The predicted octanol–water partition coefficient (Wildman–Crippen LogP) is 4.23. The van der Waals surface area contributed by atoms with Crippen molar-refractivity contribution in [1.82, 2.24) is 0 Å². The first-order chi connectivity index (χ1) is 8.69. The highest BCUT2D eigenvalue weighted by atomic mass is 35.5. The summed E-state index contributed by atoms with van der Waals surface area (Å²) in [4.78, 5) is 1.10. The van der Waals surface area contributed by atoms with E-state index in [2.05, 4.69) is 0 Å². The van der Waals surface area contributed by atoms with Crippen molar-refractivity contribution >= 4 is 23.4 Å². The summed E-state index contributed by atoms with van der Waals surface area (Å²) in [7, 11) is 0. The van der Waals surface area contributed by atoms with Crippen LogP contribution in [0.25, 0.3) is 0 Å². The lowest BCUT2D eigenvalue weighted by Gasteiger charge is -2.05. The number of thioether (sulfide) groups is 1. The van der Waals surface area contributed by atoms with E-state index < -0.39 is 0 Å². The SMILES string of the molecule is NCc1ccc(SCc2ccc(Cl)cc2F)cc1. The number of rotatable bonds is 4. The van der Waals surface area contributed by atoms with Crippen LogP contribution in [-0.4, -0.2) is 0 Å². The highest BCUT2D eigenvalue weighted by Gasteiger charge is 2.03. The van der Waals surface area contributed by atoms with E-state index in [0.29, 0.717) is 22.9 Å². The van der Waals surface area contributed by atoms with Crippen LogP contribution >= 0.6 is 23.4 Å². The van der Waals surface area contributed by atoms with Crippen molar-refractivity contribution in [3.05, 3.63) is 64.4 Å². The number of benzene rings is 2. The van der Waals surface area contributed by atoms with Crippen LogP contribution in [0.2, 0.25) is 5.02 Å².